The maximum atomic E-state index is 11.7. The Morgan fingerprint density at radius 3 is 2.30 bits per heavy atom. The molecule has 0 bridgehead atoms. The Bertz CT molecular complexity index is 583. The van der Waals surface area contributed by atoms with E-state index in [1.54, 1.807) is 24.3 Å². The standard InChI is InChI=1S/C15H15N3O2/c16-14(11-20-13-9-5-2-6-10-13)17-18-15(19)12-7-3-1-4-8-12/h1-10H,11H2,(H2,16,17)(H,18,19). The Kier molecular flexibility index (Phi) is 4.72. The van der Waals surface area contributed by atoms with Crippen LogP contribution in [0.15, 0.2) is 65.8 Å². The van der Waals surface area contributed by atoms with Gasteiger partial charge >= 0.3 is 0 Å². The zero-order valence-electron chi connectivity index (χ0n) is 10.8. The number of hydrogen-bond acceptors (Lipinski definition) is 3. The summed E-state index contributed by atoms with van der Waals surface area (Å²) in [7, 11) is 0. The highest BCUT2D eigenvalue weighted by Crippen LogP contribution is 2.07. The number of nitrogens with two attached hydrogens (primary N) is 1. The van der Waals surface area contributed by atoms with Crippen molar-refractivity contribution in [1.82, 2.24) is 5.43 Å². The second kappa shape index (κ2) is 6.94. The summed E-state index contributed by atoms with van der Waals surface area (Å²) in [5.74, 6) is 0.575. The third-order valence-electron chi connectivity index (χ3n) is 2.47. The van der Waals surface area contributed by atoms with Gasteiger partial charge in [0, 0.05) is 5.56 Å². The van der Waals surface area contributed by atoms with Crippen molar-refractivity contribution >= 4 is 11.7 Å². The third-order valence-corrected chi connectivity index (χ3v) is 2.47. The van der Waals surface area contributed by atoms with E-state index in [1.165, 1.54) is 0 Å². The van der Waals surface area contributed by atoms with Gasteiger partial charge in [-0.15, -0.1) is 0 Å². The molecule has 0 fully saturated rings. The average Bonchev–Trinajstić information content (AvgIpc) is 2.52. The Balaban J connectivity index is 1.84. The normalized spacial score (nSPS) is 10.9. The summed E-state index contributed by atoms with van der Waals surface area (Å²) in [6.07, 6.45) is 0. The Morgan fingerprint density at radius 1 is 1.05 bits per heavy atom. The molecule has 102 valence electrons. The lowest BCUT2D eigenvalue weighted by Gasteiger charge is -2.05. The number of carbonyl (C=O) groups excluding carboxylic acids is 1. The minimum atomic E-state index is -0.312. The number of hydrogen-bond donors (Lipinski definition) is 2. The highest BCUT2D eigenvalue weighted by atomic mass is 16.5. The number of nitrogens with one attached hydrogen (secondary N) is 1. The number of hydrazone groups is 1. The van der Waals surface area contributed by atoms with E-state index in [2.05, 4.69) is 10.5 Å². The van der Waals surface area contributed by atoms with E-state index in [-0.39, 0.29) is 18.3 Å². The largest absolute Gasteiger partial charge is 0.486 e. The minimum Gasteiger partial charge on any atom is -0.486 e. The Morgan fingerprint density at radius 2 is 1.65 bits per heavy atom. The summed E-state index contributed by atoms with van der Waals surface area (Å²) in [5, 5.41) is 3.79. The van der Waals surface area contributed by atoms with Crippen molar-refractivity contribution < 1.29 is 9.53 Å². The Labute approximate surface area is 117 Å². The first-order valence-corrected chi connectivity index (χ1v) is 6.11. The van der Waals surface area contributed by atoms with Crippen LogP contribution in [0.25, 0.3) is 0 Å². The molecule has 0 unspecified atom stereocenters. The van der Waals surface area contributed by atoms with Crippen LogP contribution in [-0.2, 0) is 0 Å². The molecule has 5 heteroatoms. The summed E-state index contributed by atoms with van der Waals surface area (Å²) >= 11 is 0. The van der Waals surface area contributed by atoms with E-state index in [1.807, 2.05) is 36.4 Å². The van der Waals surface area contributed by atoms with E-state index in [0.29, 0.717) is 11.3 Å². The summed E-state index contributed by atoms with van der Waals surface area (Å²) in [5.41, 5.74) is 8.56. The maximum absolute atomic E-state index is 11.7. The van der Waals surface area contributed by atoms with Crippen LogP contribution in [0.1, 0.15) is 10.4 Å². The number of ether oxygens (including phenoxy) is 1. The SMILES string of the molecule is N/C(COc1ccccc1)=N\NC(=O)c1ccccc1. The number of benzene rings is 2. The molecule has 0 saturated carbocycles. The van der Waals surface area contributed by atoms with Gasteiger partial charge in [0.1, 0.15) is 12.4 Å². The van der Waals surface area contributed by atoms with Gasteiger partial charge in [-0.1, -0.05) is 36.4 Å². The van der Waals surface area contributed by atoms with Gasteiger partial charge in [0.15, 0.2) is 5.84 Å². The fourth-order valence-electron chi connectivity index (χ4n) is 1.48. The third kappa shape index (κ3) is 4.13. The minimum absolute atomic E-state index is 0.110. The van der Waals surface area contributed by atoms with Gasteiger partial charge in [0.05, 0.1) is 0 Å². The van der Waals surface area contributed by atoms with Crippen LogP contribution in [0, 0.1) is 0 Å². The average molecular weight is 269 g/mol. The zero-order valence-corrected chi connectivity index (χ0v) is 10.8. The number of amides is 1. The summed E-state index contributed by atoms with van der Waals surface area (Å²) in [4.78, 5) is 11.7. The molecular weight excluding hydrogens is 254 g/mol. The molecule has 3 N–H and O–H groups in total. The van der Waals surface area contributed by atoms with Crippen LogP contribution in [0.4, 0.5) is 0 Å². The number of rotatable bonds is 5. The first-order chi connectivity index (χ1) is 9.75. The predicted octanol–water partition coefficient (Wildman–Crippen LogP) is 1.77. The molecule has 5 nitrogen and oxygen atoms in total. The molecule has 0 aliphatic carbocycles. The lowest BCUT2D eigenvalue weighted by molar-refractivity contribution is 0.0954. The second-order valence-corrected chi connectivity index (χ2v) is 4.01. The highest BCUT2D eigenvalue weighted by molar-refractivity contribution is 5.95. The van der Waals surface area contributed by atoms with Gasteiger partial charge in [0.25, 0.3) is 5.91 Å². The van der Waals surface area contributed by atoms with Crippen LogP contribution in [-0.4, -0.2) is 18.3 Å². The van der Waals surface area contributed by atoms with Crippen molar-refractivity contribution in [1.29, 1.82) is 0 Å². The molecule has 1 amide bonds. The molecular formula is C15H15N3O2. The van der Waals surface area contributed by atoms with E-state index in [9.17, 15) is 4.79 Å². The predicted molar refractivity (Wildman–Crippen MR) is 77.5 cm³/mol. The molecule has 0 saturated heterocycles. The fourth-order valence-corrected chi connectivity index (χ4v) is 1.48. The smallest absolute Gasteiger partial charge is 0.271 e. The fraction of sp³-hybridized carbons (Fsp3) is 0.0667. The molecule has 0 atom stereocenters. The molecule has 0 aliphatic heterocycles. The first kappa shape index (κ1) is 13.6. The van der Waals surface area contributed by atoms with E-state index in [4.69, 9.17) is 10.5 Å². The monoisotopic (exact) mass is 269 g/mol. The lowest BCUT2D eigenvalue weighted by atomic mass is 10.2. The summed E-state index contributed by atoms with van der Waals surface area (Å²) in [6, 6.07) is 18.0. The lowest BCUT2D eigenvalue weighted by Crippen LogP contribution is -2.27. The van der Waals surface area contributed by atoms with E-state index in [0.717, 1.165) is 0 Å². The molecule has 2 rings (SSSR count). The number of nitrogens with zero attached hydrogens (tertiary/aromatic N) is 1. The molecule has 2 aromatic rings. The van der Waals surface area contributed by atoms with Crippen molar-refractivity contribution in [2.24, 2.45) is 10.8 Å². The van der Waals surface area contributed by atoms with Crippen molar-refractivity contribution in [3.05, 3.63) is 66.2 Å². The molecule has 0 aliphatic rings. The quantitative estimate of drug-likeness (QED) is 0.493. The topological polar surface area (TPSA) is 76.7 Å². The van der Waals surface area contributed by atoms with Gasteiger partial charge in [0.2, 0.25) is 0 Å². The molecule has 2 aromatic carbocycles. The molecule has 0 radical (unpaired) electrons. The molecule has 0 spiro atoms. The number of amidine groups is 1. The summed E-state index contributed by atoms with van der Waals surface area (Å²) < 4.78 is 5.40. The van der Waals surface area contributed by atoms with E-state index < -0.39 is 0 Å². The molecule has 0 aromatic heterocycles. The number of para-hydroxylation sites is 1. The maximum Gasteiger partial charge on any atom is 0.271 e. The van der Waals surface area contributed by atoms with Crippen molar-refractivity contribution in [3.8, 4) is 5.75 Å². The zero-order chi connectivity index (χ0) is 14.2. The van der Waals surface area contributed by atoms with Crippen molar-refractivity contribution in [2.75, 3.05) is 6.61 Å². The first-order valence-electron chi connectivity index (χ1n) is 6.11. The van der Waals surface area contributed by atoms with Crippen LogP contribution in [0.5, 0.6) is 5.75 Å². The molecule has 0 heterocycles. The highest BCUT2D eigenvalue weighted by Gasteiger charge is 2.03. The van der Waals surface area contributed by atoms with Gasteiger partial charge < -0.3 is 10.5 Å². The van der Waals surface area contributed by atoms with E-state index >= 15 is 0 Å². The van der Waals surface area contributed by atoms with Crippen LogP contribution >= 0.6 is 0 Å². The Hall–Kier alpha value is -2.82. The van der Waals surface area contributed by atoms with Crippen molar-refractivity contribution in [3.63, 3.8) is 0 Å². The van der Waals surface area contributed by atoms with Crippen LogP contribution in [0.2, 0.25) is 0 Å². The second-order valence-electron chi connectivity index (χ2n) is 4.01. The summed E-state index contributed by atoms with van der Waals surface area (Å²) in [6.45, 7) is 0.110. The van der Waals surface area contributed by atoms with Crippen LogP contribution < -0.4 is 15.9 Å². The number of carbonyl (C=O) groups is 1. The van der Waals surface area contributed by atoms with Gasteiger partial charge in [-0.2, -0.15) is 5.10 Å². The van der Waals surface area contributed by atoms with Crippen LogP contribution in [0.3, 0.4) is 0 Å². The van der Waals surface area contributed by atoms with Gasteiger partial charge in [-0.3, -0.25) is 4.79 Å². The van der Waals surface area contributed by atoms with Gasteiger partial charge in [-0.25, -0.2) is 5.43 Å². The van der Waals surface area contributed by atoms with Gasteiger partial charge in [-0.05, 0) is 24.3 Å². The molecule has 20 heavy (non-hydrogen) atoms. The van der Waals surface area contributed by atoms with Crippen molar-refractivity contribution in [2.45, 2.75) is 0 Å².